The summed E-state index contributed by atoms with van der Waals surface area (Å²) in [7, 11) is 0. The molecule has 0 spiro atoms. The Labute approximate surface area is 213 Å². The molecule has 9 heteroatoms. The Morgan fingerprint density at radius 2 is 1.76 bits per heavy atom. The van der Waals surface area contributed by atoms with Gasteiger partial charge in [-0.05, 0) is 61.1 Å². The Hall–Kier alpha value is -3.33. The van der Waals surface area contributed by atoms with Crippen LogP contribution in [0, 0.1) is 11.6 Å². The van der Waals surface area contributed by atoms with Gasteiger partial charge in [-0.15, -0.1) is 0 Å². The van der Waals surface area contributed by atoms with Crippen LogP contribution in [0.15, 0.2) is 36.4 Å². The smallest absolute Gasteiger partial charge is 0.255 e. The van der Waals surface area contributed by atoms with Crippen molar-refractivity contribution in [3.63, 3.8) is 0 Å². The zero-order valence-corrected chi connectivity index (χ0v) is 20.4. The summed E-state index contributed by atoms with van der Waals surface area (Å²) >= 11 is 0. The van der Waals surface area contributed by atoms with Gasteiger partial charge in [0, 0.05) is 49.6 Å². The van der Waals surface area contributed by atoms with Crippen molar-refractivity contribution in [2.75, 3.05) is 13.1 Å². The van der Waals surface area contributed by atoms with Gasteiger partial charge in [-0.2, -0.15) is 0 Å². The summed E-state index contributed by atoms with van der Waals surface area (Å²) < 4.78 is 34.0. The van der Waals surface area contributed by atoms with Crippen LogP contribution in [0.2, 0.25) is 0 Å². The Morgan fingerprint density at radius 1 is 0.946 bits per heavy atom. The van der Waals surface area contributed by atoms with Crippen molar-refractivity contribution >= 4 is 17.7 Å². The Morgan fingerprint density at radius 3 is 2.54 bits per heavy atom. The number of benzene rings is 2. The molecule has 3 fully saturated rings. The number of carbonyl (C=O) groups excluding carboxylic acids is 3. The lowest BCUT2D eigenvalue weighted by atomic mass is 9.84. The molecule has 1 aliphatic carbocycles. The summed E-state index contributed by atoms with van der Waals surface area (Å²) in [6.45, 7) is 1.74. The third-order valence-corrected chi connectivity index (χ3v) is 8.23. The summed E-state index contributed by atoms with van der Waals surface area (Å²) in [6.07, 6.45) is 4.61. The van der Waals surface area contributed by atoms with Gasteiger partial charge in [-0.1, -0.05) is 12.5 Å². The number of hydrogen-bond donors (Lipinski definition) is 1. The maximum Gasteiger partial charge on any atom is 0.255 e. The molecule has 0 radical (unpaired) electrons. The molecule has 2 saturated heterocycles. The Bertz CT molecular complexity index is 1260. The quantitative estimate of drug-likeness (QED) is 0.625. The fraction of sp³-hybridized carbons (Fsp3) is 0.464. The molecule has 2 aromatic carbocycles. The fourth-order valence-electron chi connectivity index (χ4n) is 6.24. The van der Waals surface area contributed by atoms with E-state index in [0.717, 1.165) is 37.3 Å². The monoisotopic (exact) mass is 509 g/mol. The SMILES string of the molecule is O=C1CCC(N2Cc3cc(OC4CCCCC4N4CC(c5ccc(F)cc5F)C4)ccc3C2=O)C(=O)N1. The zero-order chi connectivity index (χ0) is 25.7. The van der Waals surface area contributed by atoms with Crippen LogP contribution < -0.4 is 10.1 Å². The summed E-state index contributed by atoms with van der Waals surface area (Å²) in [6, 6.07) is 8.83. The van der Waals surface area contributed by atoms with Crippen molar-refractivity contribution in [1.29, 1.82) is 0 Å². The number of nitrogens with one attached hydrogen (secondary N) is 1. The van der Waals surface area contributed by atoms with Gasteiger partial charge in [0.05, 0.1) is 0 Å². The maximum atomic E-state index is 14.2. The second-order valence-corrected chi connectivity index (χ2v) is 10.5. The van der Waals surface area contributed by atoms with Gasteiger partial charge in [0.25, 0.3) is 5.91 Å². The second kappa shape index (κ2) is 9.52. The normalized spacial score (nSPS) is 26.6. The standard InChI is InChI=1S/C28H29F2N3O4/c29-18-5-7-20(22(30)12-18)17-13-32(14-17)23-3-1-2-4-25(23)37-19-6-8-21-16(11-19)15-33(28(21)36)24-9-10-26(34)31-27(24)35/h5-8,11-12,17,23-25H,1-4,9-10,13-15H2,(H,31,34,35). The predicted molar refractivity (Wildman–Crippen MR) is 130 cm³/mol. The van der Waals surface area contributed by atoms with E-state index >= 15 is 0 Å². The van der Waals surface area contributed by atoms with Gasteiger partial charge in [-0.3, -0.25) is 24.6 Å². The molecule has 3 heterocycles. The highest BCUT2D eigenvalue weighted by Gasteiger charge is 2.41. The molecule has 1 saturated carbocycles. The molecule has 1 N–H and O–H groups in total. The van der Waals surface area contributed by atoms with Gasteiger partial charge in [-0.25, -0.2) is 8.78 Å². The molecule has 194 valence electrons. The fourth-order valence-corrected chi connectivity index (χ4v) is 6.24. The molecule has 3 aliphatic heterocycles. The van der Waals surface area contributed by atoms with Crippen LogP contribution in [0.1, 0.15) is 65.9 Å². The van der Waals surface area contributed by atoms with Crippen LogP contribution in [0.25, 0.3) is 0 Å². The molecule has 0 bridgehead atoms. The number of hydrogen-bond acceptors (Lipinski definition) is 5. The summed E-state index contributed by atoms with van der Waals surface area (Å²) in [5.41, 5.74) is 1.94. The van der Waals surface area contributed by atoms with E-state index in [1.54, 1.807) is 12.1 Å². The van der Waals surface area contributed by atoms with E-state index < -0.39 is 23.6 Å². The molecule has 0 aromatic heterocycles. The molecular weight excluding hydrogens is 480 g/mol. The minimum Gasteiger partial charge on any atom is -0.489 e. The number of halogens is 2. The lowest BCUT2D eigenvalue weighted by Gasteiger charge is -2.48. The zero-order valence-electron chi connectivity index (χ0n) is 20.4. The number of nitrogens with zero attached hydrogens (tertiary/aromatic N) is 2. The van der Waals surface area contributed by atoms with Crippen LogP contribution >= 0.6 is 0 Å². The average Bonchev–Trinajstić information content (AvgIpc) is 3.16. The van der Waals surface area contributed by atoms with Crippen LogP contribution in [0.4, 0.5) is 8.78 Å². The van der Waals surface area contributed by atoms with Crippen LogP contribution in [0.5, 0.6) is 5.75 Å². The summed E-state index contributed by atoms with van der Waals surface area (Å²) in [5, 5.41) is 2.33. The summed E-state index contributed by atoms with van der Waals surface area (Å²) in [4.78, 5) is 40.6. The number of fused-ring (bicyclic) bond motifs is 1. The average molecular weight is 510 g/mol. The molecule has 6 rings (SSSR count). The van der Waals surface area contributed by atoms with E-state index in [9.17, 15) is 23.2 Å². The topological polar surface area (TPSA) is 79.0 Å². The highest BCUT2D eigenvalue weighted by Crippen LogP contribution is 2.37. The largest absolute Gasteiger partial charge is 0.489 e. The van der Waals surface area contributed by atoms with Crippen LogP contribution in [-0.4, -0.2) is 58.8 Å². The van der Waals surface area contributed by atoms with Gasteiger partial charge in [0.2, 0.25) is 11.8 Å². The Kier molecular flexibility index (Phi) is 6.18. The number of rotatable bonds is 5. The Balaban J connectivity index is 1.12. The molecular formula is C28H29F2N3O4. The van der Waals surface area contributed by atoms with Gasteiger partial charge in [0.15, 0.2) is 0 Å². The number of likely N-dealkylation sites (tertiary alicyclic amines) is 1. The van der Waals surface area contributed by atoms with Crippen molar-refractivity contribution < 1.29 is 27.9 Å². The molecule has 37 heavy (non-hydrogen) atoms. The minimum absolute atomic E-state index is 0.0193. The first-order valence-corrected chi connectivity index (χ1v) is 13.0. The number of carbonyl (C=O) groups is 3. The predicted octanol–water partition coefficient (Wildman–Crippen LogP) is 3.52. The summed E-state index contributed by atoms with van der Waals surface area (Å²) in [5.74, 6) is -1.24. The van der Waals surface area contributed by atoms with Crippen molar-refractivity contribution in [3.05, 3.63) is 64.7 Å². The highest BCUT2D eigenvalue weighted by molar-refractivity contribution is 6.05. The van der Waals surface area contributed by atoms with E-state index in [1.807, 2.05) is 12.1 Å². The van der Waals surface area contributed by atoms with E-state index in [4.69, 9.17) is 4.74 Å². The van der Waals surface area contributed by atoms with E-state index in [1.165, 1.54) is 11.0 Å². The van der Waals surface area contributed by atoms with Crippen LogP contribution in [0.3, 0.4) is 0 Å². The van der Waals surface area contributed by atoms with Crippen molar-refractivity contribution in [1.82, 2.24) is 15.1 Å². The van der Waals surface area contributed by atoms with Gasteiger partial charge >= 0.3 is 0 Å². The molecule has 3 atom stereocenters. The molecule has 7 nitrogen and oxygen atoms in total. The second-order valence-electron chi connectivity index (χ2n) is 10.5. The molecule has 2 aromatic rings. The lowest BCUT2D eigenvalue weighted by Crippen LogP contribution is -2.57. The third-order valence-electron chi connectivity index (χ3n) is 8.23. The van der Waals surface area contributed by atoms with Crippen LogP contribution in [-0.2, 0) is 16.1 Å². The first kappa shape index (κ1) is 24.0. The van der Waals surface area contributed by atoms with Gasteiger partial charge in [0.1, 0.15) is 29.5 Å². The van der Waals surface area contributed by atoms with Crippen molar-refractivity contribution in [3.8, 4) is 5.75 Å². The first-order chi connectivity index (χ1) is 17.9. The maximum absolute atomic E-state index is 14.2. The number of amides is 3. The third kappa shape index (κ3) is 4.50. The first-order valence-electron chi connectivity index (χ1n) is 13.0. The number of piperidine rings is 1. The van der Waals surface area contributed by atoms with Crippen molar-refractivity contribution in [2.45, 2.75) is 69.2 Å². The molecule has 4 aliphatic rings. The van der Waals surface area contributed by atoms with Gasteiger partial charge < -0.3 is 9.64 Å². The lowest BCUT2D eigenvalue weighted by molar-refractivity contribution is -0.136. The molecule has 3 amide bonds. The van der Waals surface area contributed by atoms with E-state index in [-0.39, 0.29) is 36.3 Å². The molecule has 3 unspecified atom stereocenters. The number of imide groups is 1. The van der Waals surface area contributed by atoms with E-state index in [2.05, 4.69) is 10.2 Å². The van der Waals surface area contributed by atoms with E-state index in [0.29, 0.717) is 42.9 Å². The number of ether oxygens (including phenoxy) is 1. The minimum atomic E-state index is -0.644. The highest BCUT2D eigenvalue weighted by atomic mass is 19.1. The van der Waals surface area contributed by atoms with Crippen molar-refractivity contribution in [2.24, 2.45) is 0 Å².